The molecule has 6 rings (SSSR count). The van der Waals surface area contributed by atoms with Gasteiger partial charge in [0.05, 0.1) is 6.54 Å². The van der Waals surface area contributed by atoms with E-state index in [1.165, 1.54) is 16.7 Å². The number of tetrazole rings is 1. The first kappa shape index (κ1) is 22.4. The average molecular weight is 477 g/mol. The molecule has 0 bridgehead atoms. The van der Waals surface area contributed by atoms with Crippen molar-refractivity contribution in [1.29, 1.82) is 0 Å². The lowest BCUT2D eigenvalue weighted by atomic mass is 9.95. The second-order valence-electron chi connectivity index (χ2n) is 9.65. The Hall–Kier alpha value is -4.10. The summed E-state index contributed by atoms with van der Waals surface area (Å²) in [6.45, 7) is 6.23. The van der Waals surface area contributed by atoms with Gasteiger partial charge in [0.1, 0.15) is 6.04 Å². The van der Waals surface area contributed by atoms with E-state index in [9.17, 15) is 4.79 Å². The van der Waals surface area contributed by atoms with Gasteiger partial charge in [-0.3, -0.25) is 9.69 Å². The van der Waals surface area contributed by atoms with Crippen LogP contribution in [0.1, 0.15) is 45.2 Å². The monoisotopic (exact) mass is 476 g/mol. The van der Waals surface area contributed by atoms with Crippen LogP contribution in [0.5, 0.6) is 0 Å². The first-order valence-electron chi connectivity index (χ1n) is 12.3. The molecule has 0 unspecified atom stereocenters. The Morgan fingerprint density at radius 2 is 1.69 bits per heavy atom. The largest absolute Gasteiger partial charge is 0.322 e. The number of pyridine rings is 1. The lowest BCUT2D eigenvalue weighted by Crippen LogP contribution is -2.38. The summed E-state index contributed by atoms with van der Waals surface area (Å²) in [6.07, 6.45) is 0.913. The van der Waals surface area contributed by atoms with Gasteiger partial charge in [0.25, 0.3) is 5.56 Å². The van der Waals surface area contributed by atoms with E-state index >= 15 is 0 Å². The van der Waals surface area contributed by atoms with Gasteiger partial charge in [-0.1, -0.05) is 54.6 Å². The summed E-state index contributed by atoms with van der Waals surface area (Å²) in [6, 6.07) is 24.5. The Kier molecular flexibility index (Phi) is 5.70. The summed E-state index contributed by atoms with van der Waals surface area (Å²) >= 11 is 0. The van der Waals surface area contributed by atoms with E-state index in [1.807, 2.05) is 35.0 Å². The fraction of sp³-hybridized carbons (Fsp3) is 0.241. The van der Waals surface area contributed by atoms with Crippen LogP contribution < -0.4 is 5.56 Å². The van der Waals surface area contributed by atoms with Crippen LogP contribution in [0.4, 0.5) is 0 Å². The van der Waals surface area contributed by atoms with Crippen LogP contribution in [0.15, 0.2) is 77.6 Å². The molecule has 3 aromatic carbocycles. The van der Waals surface area contributed by atoms with E-state index in [-0.39, 0.29) is 11.6 Å². The fourth-order valence-electron chi connectivity index (χ4n) is 5.21. The summed E-state index contributed by atoms with van der Waals surface area (Å²) < 4.78 is 1.82. The maximum absolute atomic E-state index is 13.6. The van der Waals surface area contributed by atoms with E-state index in [0.29, 0.717) is 17.9 Å². The molecule has 0 radical (unpaired) electrons. The van der Waals surface area contributed by atoms with Crippen LogP contribution in [0.2, 0.25) is 0 Å². The molecule has 1 N–H and O–H groups in total. The molecule has 0 fully saturated rings. The summed E-state index contributed by atoms with van der Waals surface area (Å²) in [5.41, 5.74) is 7.48. The molecular formula is C29H28N6O. The van der Waals surface area contributed by atoms with Gasteiger partial charge in [-0.05, 0) is 82.1 Å². The molecule has 5 aromatic rings. The number of hydrogen-bond acceptors (Lipinski definition) is 5. The minimum atomic E-state index is -0.383. The van der Waals surface area contributed by atoms with E-state index in [2.05, 4.69) is 81.7 Å². The highest BCUT2D eigenvalue weighted by atomic mass is 16.1. The summed E-state index contributed by atoms with van der Waals surface area (Å²) in [5.74, 6) is 0.673. The number of rotatable bonds is 5. The highest BCUT2D eigenvalue weighted by Crippen LogP contribution is 2.32. The number of fused-ring (bicyclic) bond motifs is 2. The molecule has 1 aliphatic rings. The van der Waals surface area contributed by atoms with E-state index in [0.717, 1.165) is 41.5 Å². The van der Waals surface area contributed by atoms with E-state index in [4.69, 9.17) is 0 Å². The van der Waals surface area contributed by atoms with Crippen molar-refractivity contribution in [1.82, 2.24) is 30.1 Å². The maximum atomic E-state index is 13.6. The van der Waals surface area contributed by atoms with Crippen LogP contribution in [0, 0.1) is 13.8 Å². The number of aryl methyl sites for hydroxylation is 2. The average Bonchev–Trinajstić information content (AvgIpc) is 3.34. The van der Waals surface area contributed by atoms with Crippen LogP contribution >= 0.6 is 0 Å². The third-order valence-electron chi connectivity index (χ3n) is 7.29. The van der Waals surface area contributed by atoms with Gasteiger partial charge in [-0.25, -0.2) is 4.68 Å². The Morgan fingerprint density at radius 1 is 0.944 bits per heavy atom. The third-order valence-corrected chi connectivity index (χ3v) is 7.29. The van der Waals surface area contributed by atoms with Gasteiger partial charge in [0.15, 0.2) is 5.82 Å². The van der Waals surface area contributed by atoms with Crippen LogP contribution in [-0.4, -0.2) is 36.6 Å². The molecule has 0 saturated carbocycles. The molecule has 7 heteroatoms. The summed E-state index contributed by atoms with van der Waals surface area (Å²) in [7, 11) is 0. The fourth-order valence-corrected chi connectivity index (χ4v) is 5.21. The second kappa shape index (κ2) is 9.17. The SMILES string of the molecule is Cc1cc2cc([C@H](c3nnnn3Cc3ccccc3)N3CCc4ccccc4C3)c(=O)[nH]c2cc1C. The van der Waals surface area contributed by atoms with Crippen LogP contribution in [-0.2, 0) is 19.5 Å². The molecule has 1 atom stereocenters. The predicted octanol–water partition coefficient (Wildman–Crippen LogP) is 4.33. The topological polar surface area (TPSA) is 79.7 Å². The number of aromatic amines is 1. The number of aromatic nitrogens is 5. The van der Waals surface area contributed by atoms with Crippen LogP contribution in [0.3, 0.4) is 0 Å². The molecule has 0 spiro atoms. The minimum absolute atomic E-state index is 0.108. The number of benzene rings is 3. The molecule has 180 valence electrons. The van der Waals surface area contributed by atoms with Crippen molar-refractivity contribution < 1.29 is 0 Å². The van der Waals surface area contributed by atoms with Crippen molar-refractivity contribution in [3.63, 3.8) is 0 Å². The lowest BCUT2D eigenvalue weighted by molar-refractivity contribution is 0.194. The highest BCUT2D eigenvalue weighted by Gasteiger charge is 2.32. The van der Waals surface area contributed by atoms with Crippen molar-refractivity contribution in [2.24, 2.45) is 0 Å². The van der Waals surface area contributed by atoms with E-state index in [1.54, 1.807) is 0 Å². The third kappa shape index (κ3) is 4.12. The molecule has 0 aliphatic carbocycles. The maximum Gasteiger partial charge on any atom is 0.253 e. The standard InChI is InChI=1S/C29H28N6O/c1-19-14-24-16-25(29(36)30-26(24)15-20(19)2)27(34-13-12-22-10-6-7-11-23(22)18-34)28-31-32-33-35(28)17-21-8-4-3-5-9-21/h3-11,14-16,27H,12-13,17-18H2,1-2H3,(H,30,36)/t27-/m1/s1. The molecule has 0 amide bonds. The number of H-pyrrole nitrogens is 1. The number of hydrogen-bond donors (Lipinski definition) is 1. The van der Waals surface area contributed by atoms with Gasteiger partial charge in [0, 0.05) is 24.2 Å². The summed E-state index contributed by atoms with van der Waals surface area (Å²) in [5, 5.41) is 13.9. The van der Waals surface area contributed by atoms with Crippen molar-refractivity contribution in [2.45, 2.75) is 39.4 Å². The zero-order valence-corrected chi connectivity index (χ0v) is 20.5. The number of nitrogens with zero attached hydrogens (tertiary/aromatic N) is 5. The normalized spacial score (nSPS) is 14.6. The zero-order valence-electron chi connectivity index (χ0n) is 20.5. The Labute approximate surface area is 209 Å². The smallest absolute Gasteiger partial charge is 0.253 e. The van der Waals surface area contributed by atoms with Crippen molar-refractivity contribution in [3.05, 3.63) is 122 Å². The Bertz CT molecular complexity index is 1600. The van der Waals surface area contributed by atoms with Gasteiger partial charge in [-0.2, -0.15) is 0 Å². The van der Waals surface area contributed by atoms with Crippen molar-refractivity contribution in [3.8, 4) is 0 Å². The molecule has 7 nitrogen and oxygen atoms in total. The zero-order chi connectivity index (χ0) is 24.6. The predicted molar refractivity (Wildman–Crippen MR) is 140 cm³/mol. The molecule has 3 heterocycles. The quantitative estimate of drug-likeness (QED) is 0.409. The summed E-state index contributed by atoms with van der Waals surface area (Å²) in [4.78, 5) is 19.0. The first-order chi connectivity index (χ1) is 17.6. The van der Waals surface area contributed by atoms with Gasteiger partial charge < -0.3 is 4.98 Å². The van der Waals surface area contributed by atoms with Gasteiger partial charge in [-0.15, -0.1) is 5.10 Å². The van der Waals surface area contributed by atoms with E-state index < -0.39 is 0 Å². The first-order valence-corrected chi connectivity index (χ1v) is 12.3. The molecule has 0 saturated heterocycles. The molecule has 1 aliphatic heterocycles. The lowest BCUT2D eigenvalue weighted by Gasteiger charge is -2.34. The second-order valence-corrected chi connectivity index (χ2v) is 9.65. The molecular weight excluding hydrogens is 448 g/mol. The van der Waals surface area contributed by atoms with Crippen molar-refractivity contribution in [2.75, 3.05) is 6.54 Å². The molecule has 36 heavy (non-hydrogen) atoms. The molecule has 2 aromatic heterocycles. The Morgan fingerprint density at radius 3 is 2.53 bits per heavy atom. The van der Waals surface area contributed by atoms with Crippen LogP contribution in [0.25, 0.3) is 10.9 Å². The van der Waals surface area contributed by atoms with Gasteiger partial charge >= 0.3 is 0 Å². The highest BCUT2D eigenvalue weighted by molar-refractivity contribution is 5.81. The number of nitrogens with one attached hydrogen (secondary N) is 1. The Balaban J connectivity index is 1.49. The van der Waals surface area contributed by atoms with Gasteiger partial charge in [0.2, 0.25) is 0 Å². The minimum Gasteiger partial charge on any atom is -0.322 e. The van der Waals surface area contributed by atoms with Crippen molar-refractivity contribution >= 4 is 10.9 Å².